The Morgan fingerprint density at radius 3 is 2.52 bits per heavy atom. The van der Waals surface area contributed by atoms with E-state index in [0.717, 1.165) is 47.2 Å². The van der Waals surface area contributed by atoms with Crippen molar-refractivity contribution in [1.82, 2.24) is 30.2 Å². The van der Waals surface area contributed by atoms with Gasteiger partial charge < -0.3 is 19.6 Å². The second kappa shape index (κ2) is 9.18. The van der Waals surface area contributed by atoms with E-state index in [0.29, 0.717) is 6.54 Å². The third-order valence-electron chi connectivity index (χ3n) is 6.09. The van der Waals surface area contributed by atoms with Gasteiger partial charge in [-0.3, -0.25) is 10.1 Å². The van der Waals surface area contributed by atoms with Gasteiger partial charge in [-0.25, -0.2) is 9.79 Å². The number of carbonyl (C=O) groups is 2. The van der Waals surface area contributed by atoms with Gasteiger partial charge in [0.15, 0.2) is 22.5 Å². The van der Waals surface area contributed by atoms with Crippen molar-refractivity contribution in [3.63, 3.8) is 0 Å². The summed E-state index contributed by atoms with van der Waals surface area (Å²) in [6.45, 7) is 5.89. The number of thioether (sulfide) groups is 1. The molecule has 0 spiro atoms. The average Bonchev–Trinajstić information content (AvgIpc) is 3.42. The number of rotatable bonds is 5. The number of nitrogens with one attached hydrogen (secondary N) is 1. The maximum absolute atomic E-state index is 12.8. The molecule has 0 aliphatic carbocycles. The largest absolute Gasteiger partial charge is 0.368 e. The molecule has 2 fully saturated rings. The lowest BCUT2D eigenvalue weighted by atomic mass is 10.1. The number of anilines is 1. The zero-order valence-electron chi connectivity index (χ0n) is 18.5. The zero-order chi connectivity index (χ0) is 22.9. The second-order valence-corrected chi connectivity index (χ2v) is 10.7. The van der Waals surface area contributed by atoms with E-state index in [1.807, 2.05) is 13.0 Å². The standard InChI is InChI=1S/C21H26N8O2S2/c1-14-24-25-21(33-14)32-13-12-29-16-17(26(2)20(31)23-18(16)30)22-19(29)28-10-8-27(9-11-28)15-6-4-3-5-7-15/h3-7,16-17H,8-13H2,1-2H3,(H,23,30,31). The Bertz CT molecular complexity index is 1050. The normalized spacial score (nSPS) is 23.0. The van der Waals surface area contributed by atoms with Crippen LogP contribution in [0.3, 0.4) is 0 Å². The number of benzene rings is 1. The number of carbonyl (C=O) groups excluding carboxylic acids is 2. The molecule has 1 aromatic carbocycles. The van der Waals surface area contributed by atoms with Gasteiger partial charge in [-0.1, -0.05) is 41.3 Å². The van der Waals surface area contributed by atoms with Crippen molar-refractivity contribution in [3.8, 4) is 0 Å². The topological polar surface area (TPSA) is 97.3 Å². The Labute approximate surface area is 200 Å². The molecule has 0 bridgehead atoms. The van der Waals surface area contributed by atoms with Crippen LogP contribution >= 0.6 is 23.1 Å². The Kier molecular flexibility index (Phi) is 6.11. The number of urea groups is 1. The molecule has 5 rings (SSSR count). The van der Waals surface area contributed by atoms with Crippen LogP contribution in [-0.2, 0) is 4.79 Å². The Balaban J connectivity index is 1.31. The van der Waals surface area contributed by atoms with E-state index in [1.165, 1.54) is 10.6 Å². The van der Waals surface area contributed by atoms with E-state index < -0.39 is 18.2 Å². The van der Waals surface area contributed by atoms with Gasteiger partial charge in [-0.2, -0.15) is 0 Å². The molecule has 2 aromatic rings. The predicted molar refractivity (Wildman–Crippen MR) is 129 cm³/mol. The summed E-state index contributed by atoms with van der Waals surface area (Å²) < 4.78 is 0.915. The van der Waals surface area contributed by atoms with Crippen molar-refractivity contribution in [3.05, 3.63) is 35.3 Å². The number of hydrogen-bond donors (Lipinski definition) is 1. The number of nitrogens with zero attached hydrogens (tertiary/aromatic N) is 7. The summed E-state index contributed by atoms with van der Waals surface area (Å²) in [6, 6.07) is 9.46. The second-order valence-electron chi connectivity index (χ2n) is 8.13. The molecule has 3 aliphatic heterocycles. The van der Waals surface area contributed by atoms with Gasteiger partial charge in [0.05, 0.1) is 0 Å². The lowest BCUT2D eigenvalue weighted by Gasteiger charge is -2.41. The fraction of sp³-hybridized carbons (Fsp3) is 0.476. The van der Waals surface area contributed by atoms with Crippen LogP contribution in [0.1, 0.15) is 5.01 Å². The van der Waals surface area contributed by atoms with Crippen LogP contribution in [0.25, 0.3) is 0 Å². The number of aromatic nitrogens is 2. The van der Waals surface area contributed by atoms with Crippen molar-refractivity contribution >= 4 is 46.7 Å². The minimum atomic E-state index is -0.522. The van der Waals surface area contributed by atoms with Crippen LogP contribution < -0.4 is 10.2 Å². The number of aryl methyl sites for hydroxylation is 1. The van der Waals surface area contributed by atoms with Gasteiger partial charge in [0.1, 0.15) is 5.01 Å². The molecule has 0 radical (unpaired) electrons. The van der Waals surface area contributed by atoms with Crippen LogP contribution in [0, 0.1) is 6.92 Å². The van der Waals surface area contributed by atoms with Gasteiger partial charge in [-0.15, -0.1) is 10.2 Å². The quantitative estimate of drug-likeness (QED) is 0.632. The lowest BCUT2D eigenvalue weighted by molar-refractivity contribution is -0.127. The highest BCUT2D eigenvalue weighted by Gasteiger charge is 2.49. The van der Waals surface area contributed by atoms with Crippen LogP contribution in [0.15, 0.2) is 39.7 Å². The molecule has 3 amide bonds. The van der Waals surface area contributed by atoms with Gasteiger partial charge >= 0.3 is 6.03 Å². The number of guanidine groups is 1. The maximum Gasteiger partial charge on any atom is 0.325 e. The minimum Gasteiger partial charge on any atom is -0.368 e. The molecule has 12 heteroatoms. The molecule has 1 aromatic heterocycles. The first kappa shape index (κ1) is 22.0. The molecule has 1 N–H and O–H groups in total. The van der Waals surface area contributed by atoms with Gasteiger partial charge in [0.2, 0.25) is 0 Å². The minimum absolute atomic E-state index is 0.290. The van der Waals surface area contributed by atoms with Crippen molar-refractivity contribution in [2.45, 2.75) is 23.5 Å². The molecule has 33 heavy (non-hydrogen) atoms. The fourth-order valence-electron chi connectivity index (χ4n) is 4.39. The Hall–Kier alpha value is -2.86. The zero-order valence-corrected chi connectivity index (χ0v) is 20.2. The summed E-state index contributed by atoms with van der Waals surface area (Å²) in [5, 5.41) is 11.7. The average molecular weight is 487 g/mol. The van der Waals surface area contributed by atoms with E-state index >= 15 is 0 Å². The fourth-order valence-corrected chi connectivity index (χ4v) is 6.21. The molecule has 2 unspecified atom stereocenters. The summed E-state index contributed by atoms with van der Waals surface area (Å²) in [4.78, 5) is 38.1. The summed E-state index contributed by atoms with van der Waals surface area (Å²) in [5.41, 5.74) is 1.21. The number of likely N-dealkylation sites (N-methyl/N-ethyl adjacent to an activating group) is 1. The van der Waals surface area contributed by atoms with Crippen LogP contribution in [0.5, 0.6) is 0 Å². The SMILES string of the molecule is Cc1nnc(SCCN2C(N3CCN(c4ccccc4)CC3)=NC3C2C(=O)NC(=O)N3C)s1. The number of fused-ring (bicyclic) bond motifs is 1. The monoisotopic (exact) mass is 486 g/mol. The summed E-state index contributed by atoms with van der Waals surface area (Å²) in [5.74, 6) is 1.25. The molecule has 10 nitrogen and oxygen atoms in total. The Morgan fingerprint density at radius 1 is 1.09 bits per heavy atom. The highest BCUT2D eigenvalue weighted by molar-refractivity contribution is 8.01. The summed E-state index contributed by atoms with van der Waals surface area (Å²) in [7, 11) is 1.69. The van der Waals surface area contributed by atoms with Crippen LogP contribution in [0.4, 0.5) is 10.5 Å². The first-order chi connectivity index (χ1) is 16.0. The van der Waals surface area contributed by atoms with Crippen LogP contribution in [0.2, 0.25) is 0 Å². The molecular formula is C21H26N8O2S2. The van der Waals surface area contributed by atoms with E-state index in [9.17, 15) is 9.59 Å². The summed E-state index contributed by atoms with van der Waals surface area (Å²) >= 11 is 3.19. The first-order valence-electron chi connectivity index (χ1n) is 10.9. The lowest BCUT2D eigenvalue weighted by Crippen LogP contribution is -2.64. The smallest absolute Gasteiger partial charge is 0.325 e. The molecule has 2 atom stereocenters. The third-order valence-corrected chi connectivity index (χ3v) is 8.04. The van der Waals surface area contributed by atoms with Gasteiger partial charge in [-0.05, 0) is 19.1 Å². The first-order valence-corrected chi connectivity index (χ1v) is 12.7. The Morgan fingerprint density at radius 2 is 1.82 bits per heavy atom. The summed E-state index contributed by atoms with van der Waals surface area (Å²) in [6.07, 6.45) is -0.512. The molecule has 2 saturated heterocycles. The predicted octanol–water partition coefficient (Wildman–Crippen LogP) is 1.31. The number of amides is 3. The van der Waals surface area contributed by atoms with Gasteiger partial charge in [0.25, 0.3) is 5.91 Å². The molecule has 3 aliphatic rings. The van der Waals surface area contributed by atoms with E-state index in [2.05, 4.69) is 54.5 Å². The number of para-hydroxylation sites is 1. The van der Waals surface area contributed by atoms with E-state index in [1.54, 1.807) is 30.1 Å². The number of imide groups is 1. The molecule has 4 heterocycles. The number of aliphatic imine (C=N–C) groups is 1. The number of hydrogen-bond acceptors (Lipinski definition) is 10. The van der Waals surface area contributed by atoms with Crippen LogP contribution in [-0.4, -0.2) is 101 Å². The molecule has 174 valence electrons. The van der Waals surface area contributed by atoms with Crippen molar-refractivity contribution in [1.29, 1.82) is 0 Å². The van der Waals surface area contributed by atoms with E-state index in [-0.39, 0.29) is 5.91 Å². The highest BCUT2D eigenvalue weighted by atomic mass is 32.2. The third kappa shape index (κ3) is 4.36. The maximum atomic E-state index is 12.8. The molecule has 0 saturated carbocycles. The highest BCUT2D eigenvalue weighted by Crippen LogP contribution is 2.28. The van der Waals surface area contributed by atoms with Crippen molar-refractivity contribution < 1.29 is 9.59 Å². The van der Waals surface area contributed by atoms with Gasteiger partial charge in [0, 0.05) is 51.2 Å². The van der Waals surface area contributed by atoms with Crippen molar-refractivity contribution in [2.24, 2.45) is 4.99 Å². The molecular weight excluding hydrogens is 460 g/mol. The number of piperazine rings is 1. The van der Waals surface area contributed by atoms with Crippen molar-refractivity contribution in [2.75, 3.05) is 50.4 Å². The van der Waals surface area contributed by atoms with E-state index in [4.69, 9.17) is 4.99 Å².